The quantitative estimate of drug-likeness (QED) is 0.759. The van der Waals surface area contributed by atoms with Gasteiger partial charge in [0.15, 0.2) is 9.84 Å². The van der Waals surface area contributed by atoms with Gasteiger partial charge in [-0.05, 0) is 38.3 Å². The molecule has 0 aromatic rings. The van der Waals surface area contributed by atoms with Crippen molar-refractivity contribution in [2.75, 3.05) is 37.7 Å². The van der Waals surface area contributed by atoms with Gasteiger partial charge in [-0.25, -0.2) is 21.1 Å². The molecule has 2 aliphatic rings. The van der Waals surface area contributed by atoms with Crippen molar-refractivity contribution in [2.24, 2.45) is 5.92 Å². The first-order valence-corrected chi connectivity index (χ1v) is 10.6. The highest BCUT2D eigenvalue weighted by Crippen LogP contribution is 2.26. The van der Waals surface area contributed by atoms with Gasteiger partial charge in [-0.1, -0.05) is 6.92 Å². The number of sulfone groups is 1. The second kappa shape index (κ2) is 6.29. The SMILES string of the molecule is CCNCC1CCN(S(=O)(=O)C2CCS(=O)(=O)C2)CC1. The molecule has 0 aliphatic carbocycles. The first-order chi connectivity index (χ1) is 9.35. The Hall–Kier alpha value is -0.180. The monoisotopic (exact) mass is 324 g/mol. The third-order valence-corrected chi connectivity index (χ3v) is 8.54. The maximum atomic E-state index is 12.4. The highest BCUT2D eigenvalue weighted by atomic mass is 32.2. The highest BCUT2D eigenvalue weighted by Gasteiger charge is 2.41. The zero-order valence-corrected chi connectivity index (χ0v) is 13.5. The van der Waals surface area contributed by atoms with Gasteiger partial charge in [0.1, 0.15) is 0 Å². The van der Waals surface area contributed by atoms with Crippen LogP contribution in [-0.4, -0.2) is 64.1 Å². The van der Waals surface area contributed by atoms with Crippen LogP contribution in [0.15, 0.2) is 0 Å². The number of nitrogens with zero attached hydrogens (tertiary/aromatic N) is 1. The summed E-state index contributed by atoms with van der Waals surface area (Å²) < 4.78 is 49.3. The Morgan fingerprint density at radius 3 is 2.35 bits per heavy atom. The van der Waals surface area contributed by atoms with Gasteiger partial charge in [0.05, 0.1) is 16.8 Å². The van der Waals surface area contributed by atoms with Gasteiger partial charge in [-0.3, -0.25) is 0 Å². The second-order valence-corrected chi connectivity index (χ2v) is 10.2. The Morgan fingerprint density at radius 1 is 1.20 bits per heavy atom. The molecule has 0 aromatic carbocycles. The van der Waals surface area contributed by atoms with E-state index in [9.17, 15) is 16.8 Å². The molecule has 0 aromatic heterocycles. The first kappa shape index (κ1) is 16.2. The first-order valence-electron chi connectivity index (χ1n) is 7.25. The number of piperidine rings is 1. The largest absolute Gasteiger partial charge is 0.317 e. The van der Waals surface area contributed by atoms with Crippen molar-refractivity contribution in [3.63, 3.8) is 0 Å². The zero-order valence-electron chi connectivity index (χ0n) is 11.9. The Labute approximate surface area is 121 Å². The average Bonchev–Trinajstić information content (AvgIpc) is 2.78. The van der Waals surface area contributed by atoms with Crippen molar-refractivity contribution in [1.82, 2.24) is 9.62 Å². The molecule has 0 radical (unpaired) electrons. The van der Waals surface area contributed by atoms with Gasteiger partial charge in [0.25, 0.3) is 0 Å². The topological polar surface area (TPSA) is 83.6 Å². The summed E-state index contributed by atoms with van der Waals surface area (Å²) in [6, 6.07) is 0. The van der Waals surface area contributed by atoms with Crippen molar-refractivity contribution in [2.45, 2.75) is 31.4 Å². The van der Waals surface area contributed by atoms with Gasteiger partial charge in [-0.2, -0.15) is 0 Å². The Kier molecular flexibility index (Phi) is 5.09. The molecule has 0 spiro atoms. The molecule has 2 aliphatic heterocycles. The number of hydrogen-bond donors (Lipinski definition) is 1. The van der Waals surface area contributed by atoms with Crippen molar-refractivity contribution >= 4 is 19.9 Å². The van der Waals surface area contributed by atoms with Crippen molar-refractivity contribution in [1.29, 1.82) is 0 Å². The van der Waals surface area contributed by atoms with Crippen LogP contribution < -0.4 is 5.32 Å². The maximum Gasteiger partial charge on any atom is 0.218 e. The van der Waals surface area contributed by atoms with Crippen LogP contribution in [0.5, 0.6) is 0 Å². The van der Waals surface area contributed by atoms with Gasteiger partial charge >= 0.3 is 0 Å². The zero-order chi connectivity index (χ0) is 14.8. The fourth-order valence-electron chi connectivity index (χ4n) is 2.92. The Balaban J connectivity index is 1.92. The smallest absolute Gasteiger partial charge is 0.218 e. The summed E-state index contributed by atoms with van der Waals surface area (Å²) >= 11 is 0. The lowest BCUT2D eigenvalue weighted by atomic mass is 9.98. The van der Waals surface area contributed by atoms with Crippen molar-refractivity contribution in [3.05, 3.63) is 0 Å². The van der Waals surface area contributed by atoms with Crippen LogP contribution >= 0.6 is 0 Å². The molecule has 8 heteroatoms. The summed E-state index contributed by atoms with van der Waals surface area (Å²) in [6.07, 6.45) is 1.96. The molecule has 0 amide bonds. The molecule has 2 fully saturated rings. The molecule has 1 unspecified atom stereocenters. The maximum absolute atomic E-state index is 12.4. The van der Waals surface area contributed by atoms with Crippen LogP contribution in [0.4, 0.5) is 0 Å². The molecule has 1 N–H and O–H groups in total. The van der Waals surface area contributed by atoms with E-state index in [2.05, 4.69) is 12.2 Å². The van der Waals surface area contributed by atoms with Crippen LogP contribution in [0.1, 0.15) is 26.2 Å². The van der Waals surface area contributed by atoms with Gasteiger partial charge in [0, 0.05) is 13.1 Å². The Bertz CT molecular complexity index is 522. The molecular formula is C12H24N2O4S2. The van der Waals surface area contributed by atoms with Crippen LogP contribution in [0.25, 0.3) is 0 Å². The summed E-state index contributed by atoms with van der Waals surface area (Å²) in [5.41, 5.74) is 0. The van der Waals surface area contributed by atoms with E-state index in [4.69, 9.17) is 0 Å². The van der Waals surface area contributed by atoms with Gasteiger partial charge in [-0.15, -0.1) is 0 Å². The predicted molar refractivity (Wildman–Crippen MR) is 78.8 cm³/mol. The van der Waals surface area contributed by atoms with Crippen LogP contribution in [-0.2, 0) is 19.9 Å². The van der Waals surface area contributed by atoms with E-state index in [0.717, 1.165) is 25.9 Å². The third-order valence-electron chi connectivity index (χ3n) is 4.23. The van der Waals surface area contributed by atoms with Crippen LogP contribution in [0.3, 0.4) is 0 Å². The second-order valence-electron chi connectivity index (χ2n) is 5.72. The van der Waals surface area contributed by atoms with E-state index < -0.39 is 25.1 Å². The number of sulfonamides is 1. The molecule has 2 rings (SSSR count). The molecule has 0 bridgehead atoms. The molecule has 2 saturated heterocycles. The molecule has 6 nitrogen and oxygen atoms in total. The van der Waals surface area contributed by atoms with E-state index in [1.807, 2.05) is 0 Å². The Morgan fingerprint density at radius 2 is 1.85 bits per heavy atom. The lowest BCUT2D eigenvalue weighted by Crippen LogP contribution is -2.45. The van der Waals surface area contributed by atoms with Gasteiger partial charge in [0.2, 0.25) is 10.0 Å². The lowest BCUT2D eigenvalue weighted by Gasteiger charge is -2.32. The minimum absolute atomic E-state index is 0.00772. The van der Waals surface area contributed by atoms with E-state index in [-0.39, 0.29) is 17.9 Å². The van der Waals surface area contributed by atoms with Crippen LogP contribution in [0, 0.1) is 5.92 Å². The van der Waals surface area contributed by atoms with Crippen molar-refractivity contribution < 1.29 is 16.8 Å². The minimum atomic E-state index is -3.44. The van der Waals surface area contributed by atoms with E-state index in [1.165, 1.54) is 4.31 Å². The summed E-state index contributed by atoms with van der Waals surface area (Å²) in [5.74, 6) is 0.328. The summed E-state index contributed by atoms with van der Waals surface area (Å²) in [6.45, 7) is 4.96. The summed E-state index contributed by atoms with van der Waals surface area (Å²) in [4.78, 5) is 0. The van der Waals surface area contributed by atoms with E-state index >= 15 is 0 Å². The fourth-order valence-corrected chi connectivity index (χ4v) is 7.48. The molecule has 20 heavy (non-hydrogen) atoms. The van der Waals surface area contributed by atoms with Gasteiger partial charge < -0.3 is 5.32 Å². The molecule has 118 valence electrons. The number of nitrogens with one attached hydrogen (secondary N) is 1. The van der Waals surface area contributed by atoms with Crippen LogP contribution in [0.2, 0.25) is 0 Å². The number of rotatable bonds is 5. The molecular weight excluding hydrogens is 300 g/mol. The molecule has 1 atom stereocenters. The lowest BCUT2D eigenvalue weighted by molar-refractivity contribution is 0.267. The predicted octanol–water partition coefficient (Wildman–Crippen LogP) is -0.175. The average molecular weight is 324 g/mol. The summed E-state index contributed by atoms with van der Waals surface area (Å²) in [5, 5.41) is 2.57. The molecule has 2 heterocycles. The fraction of sp³-hybridized carbons (Fsp3) is 1.00. The third kappa shape index (κ3) is 3.72. The standard InChI is InChI=1S/C12H24N2O4S2/c1-2-13-9-11-3-6-14(7-4-11)20(17,18)12-5-8-19(15,16)10-12/h11-13H,2-10H2,1H3. The molecule has 0 saturated carbocycles. The summed E-state index contributed by atoms with van der Waals surface area (Å²) in [7, 11) is -6.60. The highest BCUT2D eigenvalue weighted by molar-refractivity contribution is 7.95. The minimum Gasteiger partial charge on any atom is -0.317 e. The number of hydrogen-bond acceptors (Lipinski definition) is 5. The van der Waals surface area contributed by atoms with E-state index in [1.54, 1.807) is 0 Å². The van der Waals surface area contributed by atoms with E-state index in [0.29, 0.717) is 19.0 Å². The normalized spacial score (nSPS) is 28.8. The van der Waals surface area contributed by atoms with Crippen molar-refractivity contribution in [3.8, 4) is 0 Å².